The fourth-order valence-electron chi connectivity index (χ4n) is 2.67. The smallest absolute Gasteiger partial charge is 0.330 e. The van der Waals surface area contributed by atoms with E-state index >= 15 is 0 Å². The Morgan fingerprint density at radius 2 is 1.76 bits per heavy atom. The number of aromatic nitrogens is 1. The maximum absolute atomic E-state index is 12.2. The van der Waals surface area contributed by atoms with Crippen LogP contribution in [0, 0.1) is 11.3 Å². The SMILES string of the molecule is CC(C)(C)C(=O)ON1CCC(CC(=O)CC(=O)c2ccncc2)CC1. The van der Waals surface area contributed by atoms with Crippen LogP contribution in [0.15, 0.2) is 24.5 Å². The van der Waals surface area contributed by atoms with Crippen molar-refractivity contribution < 1.29 is 19.2 Å². The number of ketones is 2. The molecule has 1 aromatic rings. The Morgan fingerprint density at radius 1 is 1.16 bits per heavy atom. The molecule has 25 heavy (non-hydrogen) atoms. The zero-order valence-corrected chi connectivity index (χ0v) is 15.2. The lowest BCUT2D eigenvalue weighted by molar-refractivity contribution is -0.206. The van der Waals surface area contributed by atoms with Crippen molar-refractivity contribution in [2.75, 3.05) is 13.1 Å². The van der Waals surface area contributed by atoms with Crippen LogP contribution in [0.4, 0.5) is 0 Å². The van der Waals surface area contributed by atoms with Gasteiger partial charge in [0, 0.05) is 37.5 Å². The molecule has 0 saturated carbocycles. The van der Waals surface area contributed by atoms with Gasteiger partial charge in [-0.05, 0) is 51.7 Å². The monoisotopic (exact) mass is 346 g/mol. The van der Waals surface area contributed by atoms with Crippen LogP contribution in [0.3, 0.4) is 0 Å². The molecule has 0 atom stereocenters. The molecular formula is C19H26N2O4. The highest BCUT2D eigenvalue weighted by Gasteiger charge is 2.29. The van der Waals surface area contributed by atoms with Gasteiger partial charge in [0.2, 0.25) is 0 Å². The van der Waals surface area contributed by atoms with Gasteiger partial charge in [0.15, 0.2) is 5.78 Å². The van der Waals surface area contributed by atoms with Gasteiger partial charge in [-0.15, -0.1) is 5.06 Å². The molecule has 2 rings (SSSR count). The molecule has 0 spiro atoms. The molecule has 0 amide bonds. The van der Waals surface area contributed by atoms with E-state index in [-0.39, 0.29) is 29.9 Å². The summed E-state index contributed by atoms with van der Waals surface area (Å²) in [5.74, 6) is -0.205. The molecule has 6 nitrogen and oxygen atoms in total. The molecule has 0 N–H and O–H groups in total. The van der Waals surface area contributed by atoms with Crippen LogP contribution < -0.4 is 0 Å². The van der Waals surface area contributed by atoms with Crippen molar-refractivity contribution in [3.8, 4) is 0 Å². The lowest BCUT2D eigenvalue weighted by Gasteiger charge is -2.31. The molecule has 0 aliphatic carbocycles. The summed E-state index contributed by atoms with van der Waals surface area (Å²) in [6.07, 6.45) is 5.00. The summed E-state index contributed by atoms with van der Waals surface area (Å²) in [5.41, 5.74) is -0.00703. The highest BCUT2D eigenvalue weighted by atomic mass is 16.7. The highest BCUT2D eigenvalue weighted by Crippen LogP contribution is 2.24. The average molecular weight is 346 g/mol. The van der Waals surface area contributed by atoms with E-state index in [9.17, 15) is 14.4 Å². The van der Waals surface area contributed by atoms with Crippen LogP contribution in [-0.4, -0.2) is 40.7 Å². The minimum atomic E-state index is -0.528. The first-order chi connectivity index (χ1) is 11.8. The van der Waals surface area contributed by atoms with Gasteiger partial charge in [0.1, 0.15) is 5.78 Å². The summed E-state index contributed by atoms with van der Waals surface area (Å²) in [6, 6.07) is 3.25. The molecular weight excluding hydrogens is 320 g/mol. The van der Waals surface area contributed by atoms with Gasteiger partial charge in [-0.3, -0.25) is 14.6 Å². The van der Waals surface area contributed by atoms with Crippen molar-refractivity contribution in [1.82, 2.24) is 10.0 Å². The van der Waals surface area contributed by atoms with Crippen LogP contribution in [0.5, 0.6) is 0 Å². The van der Waals surface area contributed by atoms with E-state index in [0.717, 1.165) is 12.8 Å². The minimum absolute atomic E-state index is 0.0352. The van der Waals surface area contributed by atoms with Crippen LogP contribution in [0.25, 0.3) is 0 Å². The molecule has 1 aliphatic heterocycles. The number of hydroxylamine groups is 2. The average Bonchev–Trinajstić information content (AvgIpc) is 2.56. The van der Waals surface area contributed by atoms with Crippen LogP contribution >= 0.6 is 0 Å². The molecule has 2 heterocycles. The van der Waals surface area contributed by atoms with Gasteiger partial charge in [-0.1, -0.05) is 0 Å². The number of pyridine rings is 1. The van der Waals surface area contributed by atoms with E-state index in [0.29, 0.717) is 25.1 Å². The minimum Gasteiger partial charge on any atom is -0.367 e. The molecule has 0 unspecified atom stereocenters. The van der Waals surface area contributed by atoms with Crippen molar-refractivity contribution in [1.29, 1.82) is 0 Å². The third-order valence-electron chi connectivity index (χ3n) is 4.27. The Balaban J connectivity index is 1.73. The fourth-order valence-corrected chi connectivity index (χ4v) is 2.67. The van der Waals surface area contributed by atoms with Gasteiger partial charge in [-0.25, -0.2) is 4.79 Å². The topological polar surface area (TPSA) is 76.6 Å². The van der Waals surface area contributed by atoms with E-state index in [4.69, 9.17) is 4.84 Å². The number of rotatable bonds is 6. The Labute approximate surface area is 148 Å². The second-order valence-electron chi connectivity index (χ2n) is 7.58. The van der Waals surface area contributed by atoms with Crippen molar-refractivity contribution in [3.63, 3.8) is 0 Å². The van der Waals surface area contributed by atoms with Gasteiger partial charge in [0.05, 0.1) is 11.8 Å². The second kappa shape index (κ2) is 8.34. The quantitative estimate of drug-likeness (QED) is 0.582. The van der Waals surface area contributed by atoms with Gasteiger partial charge in [0.25, 0.3) is 0 Å². The predicted molar refractivity (Wildman–Crippen MR) is 92.7 cm³/mol. The number of Topliss-reactive ketones (excluding diaryl/α,β-unsaturated/α-hetero) is 2. The van der Waals surface area contributed by atoms with Crippen molar-refractivity contribution in [2.45, 2.75) is 46.5 Å². The van der Waals surface area contributed by atoms with Crippen molar-refractivity contribution >= 4 is 17.5 Å². The fraction of sp³-hybridized carbons (Fsp3) is 0.579. The van der Waals surface area contributed by atoms with E-state index in [1.807, 2.05) is 20.8 Å². The molecule has 1 fully saturated rings. The van der Waals surface area contributed by atoms with Gasteiger partial charge >= 0.3 is 5.97 Å². The molecule has 0 radical (unpaired) electrons. The first-order valence-electron chi connectivity index (χ1n) is 8.68. The Kier molecular flexibility index (Phi) is 6.42. The highest BCUT2D eigenvalue weighted by molar-refractivity contribution is 6.07. The summed E-state index contributed by atoms with van der Waals surface area (Å²) in [6.45, 7) is 6.71. The van der Waals surface area contributed by atoms with Gasteiger partial charge in [-0.2, -0.15) is 0 Å². The zero-order chi connectivity index (χ0) is 18.4. The van der Waals surface area contributed by atoms with E-state index in [1.165, 1.54) is 0 Å². The standard InChI is InChI=1S/C19H26N2O4/c1-19(2,3)18(24)25-21-10-6-14(7-11-21)12-16(22)13-17(23)15-4-8-20-9-5-15/h4-5,8-9,14H,6-7,10-13H2,1-3H3. The largest absolute Gasteiger partial charge is 0.367 e. The molecule has 1 aromatic heterocycles. The number of nitrogens with zero attached hydrogens (tertiary/aromatic N) is 2. The Morgan fingerprint density at radius 3 is 2.32 bits per heavy atom. The summed E-state index contributed by atoms with van der Waals surface area (Å²) in [4.78, 5) is 45.3. The van der Waals surface area contributed by atoms with Crippen molar-refractivity contribution in [2.24, 2.45) is 11.3 Å². The first kappa shape index (κ1) is 19.2. The Bertz CT molecular complexity index is 614. The number of hydrogen-bond donors (Lipinski definition) is 0. The molecule has 0 bridgehead atoms. The lowest BCUT2D eigenvalue weighted by atomic mass is 9.90. The maximum atomic E-state index is 12.2. The first-order valence-corrected chi connectivity index (χ1v) is 8.68. The molecule has 1 saturated heterocycles. The number of hydrogen-bond acceptors (Lipinski definition) is 6. The van der Waals surface area contributed by atoms with Crippen molar-refractivity contribution in [3.05, 3.63) is 30.1 Å². The molecule has 6 heteroatoms. The molecule has 0 aromatic carbocycles. The lowest BCUT2D eigenvalue weighted by Crippen LogP contribution is -2.39. The maximum Gasteiger partial charge on any atom is 0.330 e. The van der Waals surface area contributed by atoms with Crippen LogP contribution in [0.1, 0.15) is 56.8 Å². The number of carbonyl (C=O) groups is 3. The third kappa shape index (κ3) is 6.05. The van der Waals surface area contributed by atoms with Crippen LogP contribution in [-0.2, 0) is 14.4 Å². The van der Waals surface area contributed by atoms with E-state index in [1.54, 1.807) is 29.6 Å². The van der Waals surface area contributed by atoms with E-state index in [2.05, 4.69) is 4.98 Å². The Hall–Kier alpha value is -2.08. The molecule has 136 valence electrons. The van der Waals surface area contributed by atoms with Crippen LogP contribution in [0.2, 0.25) is 0 Å². The summed E-state index contributed by atoms with van der Waals surface area (Å²) >= 11 is 0. The second-order valence-corrected chi connectivity index (χ2v) is 7.58. The summed E-state index contributed by atoms with van der Waals surface area (Å²) in [7, 11) is 0. The summed E-state index contributed by atoms with van der Waals surface area (Å²) < 4.78 is 0. The third-order valence-corrected chi connectivity index (χ3v) is 4.27. The molecule has 1 aliphatic rings. The summed E-state index contributed by atoms with van der Waals surface area (Å²) in [5, 5.41) is 1.68. The zero-order valence-electron chi connectivity index (χ0n) is 15.2. The number of piperidine rings is 1. The normalized spacial score (nSPS) is 16.4. The van der Waals surface area contributed by atoms with Gasteiger partial charge < -0.3 is 4.84 Å². The predicted octanol–water partition coefficient (Wildman–Crippen LogP) is 2.83. The van der Waals surface area contributed by atoms with E-state index < -0.39 is 5.41 Å². The number of carbonyl (C=O) groups excluding carboxylic acids is 3.